The van der Waals surface area contributed by atoms with Gasteiger partial charge in [-0.05, 0) is 27.2 Å². The molecule has 122 valence electrons. The van der Waals surface area contributed by atoms with E-state index in [4.69, 9.17) is 14.6 Å². The normalized spacial score (nSPS) is 12.6. The molecule has 1 atom stereocenters. The largest absolute Gasteiger partial charge is 0.480 e. The van der Waals surface area contributed by atoms with Crippen molar-refractivity contribution in [3.05, 3.63) is 0 Å². The highest BCUT2D eigenvalue weighted by atomic mass is 16.6. The number of esters is 1. The fraction of sp³-hybridized carbons (Fsp3) is 0.786. The number of hydrogen-bond donors (Lipinski definition) is 2. The number of aliphatic carboxylic acids is 1. The van der Waals surface area contributed by atoms with Crippen molar-refractivity contribution < 1.29 is 29.0 Å². The van der Waals surface area contributed by atoms with Crippen molar-refractivity contribution in [3.8, 4) is 0 Å². The van der Waals surface area contributed by atoms with Crippen molar-refractivity contribution in [1.82, 2.24) is 5.32 Å². The Morgan fingerprint density at radius 3 is 2.29 bits per heavy atom. The van der Waals surface area contributed by atoms with Gasteiger partial charge in [-0.3, -0.25) is 9.59 Å². The summed E-state index contributed by atoms with van der Waals surface area (Å²) in [5.74, 6) is -2.41. The van der Waals surface area contributed by atoms with Crippen LogP contribution in [0.15, 0.2) is 0 Å². The molecule has 2 N–H and O–H groups in total. The molecule has 1 amide bonds. The highest BCUT2D eigenvalue weighted by Gasteiger charge is 2.26. The van der Waals surface area contributed by atoms with Crippen LogP contribution in [-0.4, -0.2) is 47.8 Å². The number of rotatable bonds is 9. The minimum absolute atomic E-state index is 0.0537. The summed E-state index contributed by atoms with van der Waals surface area (Å²) in [6, 6.07) is -1.29. The van der Waals surface area contributed by atoms with Crippen LogP contribution in [0.25, 0.3) is 0 Å². The van der Waals surface area contributed by atoms with E-state index in [1.54, 1.807) is 20.8 Å². The number of nitrogens with one attached hydrogen (secondary N) is 1. The van der Waals surface area contributed by atoms with E-state index in [9.17, 15) is 14.4 Å². The first-order chi connectivity index (χ1) is 9.65. The first-order valence-electron chi connectivity index (χ1n) is 6.97. The van der Waals surface area contributed by atoms with Crippen LogP contribution >= 0.6 is 0 Å². The van der Waals surface area contributed by atoms with E-state index < -0.39 is 35.9 Å². The maximum Gasteiger partial charge on any atom is 0.326 e. The van der Waals surface area contributed by atoms with Crippen LogP contribution in [0.5, 0.6) is 0 Å². The zero-order chi connectivity index (χ0) is 16.5. The van der Waals surface area contributed by atoms with Crippen molar-refractivity contribution in [1.29, 1.82) is 0 Å². The van der Waals surface area contributed by atoms with E-state index in [0.717, 1.165) is 6.42 Å². The van der Waals surface area contributed by atoms with Gasteiger partial charge in [0.1, 0.15) is 11.6 Å². The second-order valence-corrected chi connectivity index (χ2v) is 5.61. The van der Waals surface area contributed by atoms with Crippen molar-refractivity contribution in [2.45, 2.75) is 58.6 Å². The molecule has 0 radical (unpaired) electrons. The van der Waals surface area contributed by atoms with Crippen LogP contribution in [0, 0.1) is 0 Å². The minimum Gasteiger partial charge on any atom is -0.480 e. The SMILES string of the molecule is CCCOCCC(=O)N[C@@H](CC(=O)OC(C)(C)C)C(=O)O. The van der Waals surface area contributed by atoms with Crippen LogP contribution in [0.4, 0.5) is 0 Å². The summed E-state index contributed by atoms with van der Waals surface area (Å²) in [5.41, 5.74) is -0.696. The summed E-state index contributed by atoms with van der Waals surface area (Å²) in [6.45, 7) is 7.77. The van der Waals surface area contributed by atoms with Gasteiger partial charge < -0.3 is 19.9 Å². The smallest absolute Gasteiger partial charge is 0.326 e. The van der Waals surface area contributed by atoms with Crippen LogP contribution in [0.3, 0.4) is 0 Å². The Morgan fingerprint density at radius 2 is 1.81 bits per heavy atom. The summed E-state index contributed by atoms with van der Waals surface area (Å²) in [7, 11) is 0. The maximum absolute atomic E-state index is 11.6. The Kier molecular flexibility index (Phi) is 8.61. The van der Waals surface area contributed by atoms with Crippen molar-refractivity contribution >= 4 is 17.8 Å². The van der Waals surface area contributed by atoms with Gasteiger partial charge in [-0.25, -0.2) is 4.79 Å². The number of amides is 1. The molecule has 0 aliphatic heterocycles. The molecule has 0 heterocycles. The van der Waals surface area contributed by atoms with Crippen LogP contribution in [0.2, 0.25) is 0 Å². The lowest BCUT2D eigenvalue weighted by Gasteiger charge is -2.21. The molecular weight excluding hydrogens is 278 g/mol. The predicted octanol–water partition coefficient (Wildman–Crippen LogP) is 1.10. The van der Waals surface area contributed by atoms with Crippen molar-refractivity contribution in [2.24, 2.45) is 0 Å². The molecule has 0 aromatic rings. The lowest BCUT2D eigenvalue weighted by molar-refractivity contribution is -0.158. The topological polar surface area (TPSA) is 102 Å². The monoisotopic (exact) mass is 303 g/mol. The number of carbonyl (C=O) groups excluding carboxylic acids is 2. The Labute approximate surface area is 125 Å². The van der Waals surface area contributed by atoms with Gasteiger partial charge in [-0.1, -0.05) is 6.92 Å². The van der Waals surface area contributed by atoms with Gasteiger partial charge in [0.15, 0.2) is 0 Å². The van der Waals surface area contributed by atoms with Gasteiger partial charge in [0.05, 0.1) is 13.0 Å². The van der Waals surface area contributed by atoms with Crippen molar-refractivity contribution in [3.63, 3.8) is 0 Å². The number of ether oxygens (including phenoxy) is 2. The third-order valence-corrected chi connectivity index (χ3v) is 2.25. The average Bonchev–Trinajstić information content (AvgIpc) is 2.31. The van der Waals surface area contributed by atoms with E-state index in [0.29, 0.717) is 6.61 Å². The maximum atomic E-state index is 11.6. The second-order valence-electron chi connectivity index (χ2n) is 5.61. The van der Waals surface area contributed by atoms with Gasteiger partial charge in [0.2, 0.25) is 5.91 Å². The number of carboxylic acid groups (broad SMARTS) is 1. The lowest BCUT2D eigenvalue weighted by atomic mass is 10.1. The number of hydrogen-bond acceptors (Lipinski definition) is 5. The Morgan fingerprint density at radius 1 is 1.19 bits per heavy atom. The molecule has 0 spiro atoms. The molecule has 7 nitrogen and oxygen atoms in total. The van der Waals surface area contributed by atoms with E-state index >= 15 is 0 Å². The minimum atomic E-state index is -1.29. The molecule has 0 aliphatic rings. The summed E-state index contributed by atoms with van der Waals surface area (Å²) in [5, 5.41) is 11.3. The molecular formula is C14H25NO6. The lowest BCUT2D eigenvalue weighted by Crippen LogP contribution is -2.43. The molecule has 0 fully saturated rings. The van der Waals surface area contributed by atoms with Crippen LogP contribution in [-0.2, 0) is 23.9 Å². The first-order valence-corrected chi connectivity index (χ1v) is 6.97. The summed E-state index contributed by atoms with van der Waals surface area (Å²) < 4.78 is 10.2. The van der Waals surface area contributed by atoms with Gasteiger partial charge in [-0.15, -0.1) is 0 Å². The third kappa shape index (κ3) is 10.8. The van der Waals surface area contributed by atoms with E-state index in [1.165, 1.54) is 0 Å². The standard InChI is InChI=1S/C14H25NO6/c1-5-7-20-8-6-11(16)15-10(13(18)19)9-12(17)21-14(2,3)4/h10H,5-9H2,1-4H3,(H,15,16)(H,18,19)/t10-/m0/s1. The number of carboxylic acids is 1. The third-order valence-electron chi connectivity index (χ3n) is 2.25. The first kappa shape index (κ1) is 19.4. The molecule has 0 aliphatic carbocycles. The zero-order valence-corrected chi connectivity index (χ0v) is 13.1. The Balaban J connectivity index is 4.27. The summed E-state index contributed by atoms with van der Waals surface area (Å²) in [4.78, 5) is 34.2. The van der Waals surface area contributed by atoms with Gasteiger partial charge in [0, 0.05) is 13.0 Å². The summed E-state index contributed by atoms with van der Waals surface area (Å²) >= 11 is 0. The highest BCUT2D eigenvalue weighted by molar-refractivity contribution is 5.87. The van der Waals surface area contributed by atoms with Crippen molar-refractivity contribution in [2.75, 3.05) is 13.2 Å². The molecule has 0 aromatic carbocycles. The Hall–Kier alpha value is -1.63. The van der Waals surface area contributed by atoms with Gasteiger partial charge >= 0.3 is 11.9 Å². The molecule has 0 aromatic heterocycles. The molecule has 0 saturated heterocycles. The molecule has 0 unspecified atom stereocenters. The summed E-state index contributed by atoms with van der Waals surface area (Å²) in [6.07, 6.45) is 0.490. The highest BCUT2D eigenvalue weighted by Crippen LogP contribution is 2.09. The van der Waals surface area contributed by atoms with E-state index in [2.05, 4.69) is 5.32 Å². The molecule has 0 saturated carbocycles. The van der Waals surface area contributed by atoms with E-state index in [-0.39, 0.29) is 13.0 Å². The quantitative estimate of drug-likeness (QED) is 0.488. The molecule has 0 bridgehead atoms. The fourth-order valence-electron chi connectivity index (χ4n) is 1.43. The van der Waals surface area contributed by atoms with Crippen LogP contribution in [0.1, 0.15) is 47.0 Å². The van der Waals surface area contributed by atoms with Gasteiger partial charge in [0.25, 0.3) is 0 Å². The second kappa shape index (κ2) is 9.33. The van der Waals surface area contributed by atoms with Gasteiger partial charge in [-0.2, -0.15) is 0 Å². The fourth-order valence-corrected chi connectivity index (χ4v) is 1.43. The molecule has 7 heteroatoms. The predicted molar refractivity (Wildman–Crippen MR) is 75.8 cm³/mol. The molecule has 0 rings (SSSR count). The number of carbonyl (C=O) groups is 3. The molecule has 21 heavy (non-hydrogen) atoms. The van der Waals surface area contributed by atoms with Crippen LogP contribution < -0.4 is 5.32 Å². The average molecular weight is 303 g/mol. The van der Waals surface area contributed by atoms with E-state index in [1.807, 2.05) is 6.92 Å². The Bertz CT molecular complexity index is 361. The zero-order valence-electron chi connectivity index (χ0n) is 13.1.